The quantitative estimate of drug-likeness (QED) is 0.614. The van der Waals surface area contributed by atoms with Crippen LogP contribution in [0.1, 0.15) is 83.4 Å². The number of amides is 1. The number of piperidine rings is 1. The fourth-order valence-corrected chi connectivity index (χ4v) is 5.19. The molecule has 2 fully saturated rings. The summed E-state index contributed by atoms with van der Waals surface area (Å²) in [6.45, 7) is 7.39. The van der Waals surface area contributed by atoms with E-state index in [0.717, 1.165) is 50.5 Å². The molecule has 7 nitrogen and oxygen atoms in total. The van der Waals surface area contributed by atoms with Crippen LogP contribution in [-0.4, -0.2) is 52.0 Å². The molecule has 0 bridgehead atoms. The number of hydrogen-bond acceptors (Lipinski definition) is 4. The first-order valence-electron chi connectivity index (χ1n) is 12.0. The average molecular weight is 421 g/mol. The number of rotatable bonds is 9. The molecule has 0 unspecified atom stereocenters. The van der Waals surface area contributed by atoms with Crippen molar-refractivity contribution in [2.45, 2.75) is 90.6 Å². The van der Waals surface area contributed by atoms with Crippen LogP contribution in [0.15, 0.2) is 4.79 Å². The van der Waals surface area contributed by atoms with Crippen molar-refractivity contribution in [1.82, 2.24) is 19.2 Å². The van der Waals surface area contributed by atoms with Gasteiger partial charge in [0.15, 0.2) is 0 Å². The van der Waals surface area contributed by atoms with E-state index in [0.29, 0.717) is 25.6 Å². The summed E-state index contributed by atoms with van der Waals surface area (Å²) in [4.78, 5) is 27.7. The van der Waals surface area contributed by atoms with E-state index in [-0.39, 0.29) is 17.5 Å². The molecule has 1 aromatic heterocycles. The molecule has 1 aromatic rings. The van der Waals surface area contributed by atoms with E-state index < -0.39 is 0 Å². The van der Waals surface area contributed by atoms with Crippen molar-refractivity contribution in [1.29, 1.82) is 0 Å². The van der Waals surface area contributed by atoms with Gasteiger partial charge in [0.25, 0.3) is 0 Å². The molecule has 1 amide bonds. The van der Waals surface area contributed by atoms with Gasteiger partial charge in [-0.2, -0.15) is 5.10 Å². The summed E-state index contributed by atoms with van der Waals surface area (Å²) in [5.74, 6) is 2.54. The maximum absolute atomic E-state index is 13.1. The Kier molecular flexibility index (Phi) is 8.54. The molecule has 1 aliphatic carbocycles. The van der Waals surface area contributed by atoms with E-state index in [4.69, 9.17) is 4.74 Å². The Hall–Kier alpha value is -1.63. The molecular weight excluding hydrogens is 380 g/mol. The van der Waals surface area contributed by atoms with Crippen LogP contribution >= 0.6 is 0 Å². The van der Waals surface area contributed by atoms with Crippen LogP contribution < -0.4 is 5.69 Å². The Morgan fingerprint density at radius 3 is 2.40 bits per heavy atom. The first-order chi connectivity index (χ1) is 14.6. The molecular formula is C23H40N4O3. The van der Waals surface area contributed by atoms with Gasteiger partial charge in [0, 0.05) is 38.6 Å². The van der Waals surface area contributed by atoms with Crippen LogP contribution in [-0.2, 0) is 22.6 Å². The lowest BCUT2D eigenvalue weighted by atomic mass is 9.79. The Morgan fingerprint density at radius 2 is 1.80 bits per heavy atom. The fourth-order valence-electron chi connectivity index (χ4n) is 5.19. The van der Waals surface area contributed by atoms with Crippen molar-refractivity contribution in [2.24, 2.45) is 11.8 Å². The number of methoxy groups -OCH3 is 1. The summed E-state index contributed by atoms with van der Waals surface area (Å²) in [5.41, 5.74) is -0.0529. The minimum absolute atomic E-state index is 0.0529. The molecule has 3 rings (SSSR count). The summed E-state index contributed by atoms with van der Waals surface area (Å²) < 4.78 is 8.41. The predicted molar refractivity (Wildman–Crippen MR) is 118 cm³/mol. The van der Waals surface area contributed by atoms with Crippen molar-refractivity contribution in [3.8, 4) is 0 Å². The number of unbranched alkanes of at least 4 members (excludes halogenated alkanes) is 1. The van der Waals surface area contributed by atoms with E-state index in [1.807, 2.05) is 6.92 Å². The second kappa shape index (κ2) is 11.1. The molecule has 0 atom stereocenters. The minimum atomic E-state index is -0.0529. The highest BCUT2D eigenvalue weighted by Crippen LogP contribution is 2.34. The first-order valence-corrected chi connectivity index (χ1v) is 12.0. The molecule has 7 heteroatoms. The third kappa shape index (κ3) is 5.34. The van der Waals surface area contributed by atoms with Gasteiger partial charge >= 0.3 is 5.69 Å². The highest BCUT2D eigenvalue weighted by Gasteiger charge is 2.33. The van der Waals surface area contributed by atoms with Crippen LogP contribution in [0.25, 0.3) is 0 Å². The van der Waals surface area contributed by atoms with Crippen LogP contribution in [0.4, 0.5) is 0 Å². The Labute approximate surface area is 180 Å². The largest absolute Gasteiger partial charge is 0.383 e. The van der Waals surface area contributed by atoms with Crippen molar-refractivity contribution in [3.63, 3.8) is 0 Å². The number of carbonyl (C=O) groups is 1. The van der Waals surface area contributed by atoms with E-state index in [1.165, 1.54) is 36.8 Å². The average Bonchev–Trinajstić information content (AvgIpc) is 3.11. The summed E-state index contributed by atoms with van der Waals surface area (Å²) in [5, 5.41) is 4.62. The van der Waals surface area contributed by atoms with Gasteiger partial charge in [-0.1, -0.05) is 26.2 Å². The van der Waals surface area contributed by atoms with E-state index >= 15 is 0 Å². The number of carbonyl (C=O) groups excluding carboxylic acids is 1. The zero-order valence-electron chi connectivity index (χ0n) is 19.1. The zero-order chi connectivity index (χ0) is 21.5. The van der Waals surface area contributed by atoms with Crippen molar-refractivity contribution in [3.05, 3.63) is 16.3 Å². The Bertz CT molecular complexity index is 725. The zero-order valence-corrected chi connectivity index (χ0v) is 19.1. The van der Waals surface area contributed by atoms with Crippen LogP contribution in [0, 0.1) is 11.8 Å². The lowest BCUT2D eigenvalue weighted by Crippen LogP contribution is -2.42. The second-order valence-corrected chi connectivity index (χ2v) is 9.06. The summed E-state index contributed by atoms with van der Waals surface area (Å²) in [6.07, 6.45) is 10.3. The van der Waals surface area contributed by atoms with Gasteiger partial charge in [0.1, 0.15) is 5.82 Å². The summed E-state index contributed by atoms with van der Waals surface area (Å²) >= 11 is 0. The van der Waals surface area contributed by atoms with E-state index in [2.05, 4.69) is 16.9 Å². The summed E-state index contributed by atoms with van der Waals surface area (Å²) in [7, 11) is 1.63. The lowest BCUT2D eigenvalue weighted by molar-refractivity contribution is -0.138. The van der Waals surface area contributed by atoms with Crippen molar-refractivity contribution in [2.75, 3.05) is 26.8 Å². The van der Waals surface area contributed by atoms with Gasteiger partial charge in [-0.3, -0.25) is 9.36 Å². The molecule has 0 N–H and O–H groups in total. The minimum Gasteiger partial charge on any atom is -0.383 e. The maximum Gasteiger partial charge on any atom is 0.345 e. The lowest BCUT2D eigenvalue weighted by Gasteiger charge is -2.36. The third-order valence-electron chi connectivity index (χ3n) is 7.11. The van der Waals surface area contributed by atoms with Crippen LogP contribution in [0.2, 0.25) is 0 Å². The maximum atomic E-state index is 13.1. The topological polar surface area (TPSA) is 69.4 Å². The Balaban J connectivity index is 1.54. The highest BCUT2D eigenvalue weighted by molar-refractivity contribution is 5.79. The molecule has 0 spiro atoms. The molecule has 0 radical (unpaired) electrons. The second-order valence-electron chi connectivity index (χ2n) is 9.06. The van der Waals surface area contributed by atoms with Gasteiger partial charge in [-0.25, -0.2) is 9.48 Å². The molecule has 1 aliphatic heterocycles. The number of ether oxygens (including phenoxy) is 1. The first kappa shape index (κ1) is 23.0. The van der Waals surface area contributed by atoms with Gasteiger partial charge in [-0.15, -0.1) is 0 Å². The smallest absolute Gasteiger partial charge is 0.345 e. The van der Waals surface area contributed by atoms with Crippen LogP contribution in [0.5, 0.6) is 0 Å². The number of hydrogen-bond donors (Lipinski definition) is 0. The van der Waals surface area contributed by atoms with Crippen molar-refractivity contribution < 1.29 is 9.53 Å². The van der Waals surface area contributed by atoms with Gasteiger partial charge in [0.2, 0.25) is 5.91 Å². The Morgan fingerprint density at radius 1 is 1.10 bits per heavy atom. The van der Waals surface area contributed by atoms with E-state index in [9.17, 15) is 9.59 Å². The molecule has 2 aliphatic rings. The normalized spacial score (nSPS) is 23.1. The monoisotopic (exact) mass is 420 g/mol. The summed E-state index contributed by atoms with van der Waals surface area (Å²) in [6, 6.07) is 0. The molecule has 170 valence electrons. The van der Waals surface area contributed by atoms with Gasteiger partial charge in [-0.05, 0) is 51.4 Å². The predicted octanol–water partition coefficient (Wildman–Crippen LogP) is 3.41. The molecule has 30 heavy (non-hydrogen) atoms. The van der Waals surface area contributed by atoms with Crippen molar-refractivity contribution >= 4 is 5.91 Å². The fraction of sp³-hybridized carbons (Fsp3) is 0.870. The molecule has 1 saturated carbocycles. The number of nitrogens with zero attached hydrogens (tertiary/aromatic N) is 4. The standard InChI is InChI=1S/C23H40N4O3/c1-4-6-7-18-8-10-20(11-9-18)22(28)25-14-12-19(13-15-25)21-24-27(16-17-30-3)23(29)26(21)5-2/h18-20H,4-17H2,1-3H3. The van der Waals surface area contributed by atoms with Crippen LogP contribution in [0.3, 0.4) is 0 Å². The molecule has 2 heterocycles. The highest BCUT2D eigenvalue weighted by atomic mass is 16.5. The van der Waals surface area contributed by atoms with Gasteiger partial charge < -0.3 is 9.64 Å². The van der Waals surface area contributed by atoms with E-state index in [1.54, 1.807) is 11.7 Å². The number of aromatic nitrogens is 3. The SMILES string of the molecule is CCCCC1CCC(C(=O)N2CCC(c3nn(CCOC)c(=O)n3CC)CC2)CC1. The van der Waals surface area contributed by atoms with Gasteiger partial charge in [0.05, 0.1) is 13.2 Å². The molecule has 1 saturated heterocycles. The number of likely N-dealkylation sites (tertiary alicyclic amines) is 1. The molecule has 0 aromatic carbocycles. The third-order valence-corrected chi connectivity index (χ3v) is 7.11.